The lowest BCUT2D eigenvalue weighted by Gasteiger charge is -2.20. The van der Waals surface area contributed by atoms with Gasteiger partial charge < -0.3 is 10.5 Å². The van der Waals surface area contributed by atoms with Crippen LogP contribution in [0.5, 0.6) is 0 Å². The van der Waals surface area contributed by atoms with Gasteiger partial charge in [0.05, 0.1) is 0 Å². The summed E-state index contributed by atoms with van der Waals surface area (Å²) in [7, 11) is 0. The Labute approximate surface area is 125 Å². The molecule has 3 N–H and O–H groups in total. The molecule has 0 aliphatic rings. The third-order valence-electron chi connectivity index (χ3n) is 2.60. The standard InChI is InChI=1S/C15H23ClN2O2/c1-15(2,3)20-14(19)18-13-8-7-12(16)10-11(13)6-4-5-9-17/h7-8,10H,4-6,9,17H2,1-3H3,(H,18,19). The monoisotopic (exact) mass is 298 g/mol. The van der Waals surface area contributed by atoms with Crippen molar-refractivity contribution in [3.05, 3.63) is 28.8 Å². The molecule has 0 unspecified atom stereocenters. The van der Waals surface area contributed by atoms with Crippen LogP contribution in [0.25, 0.3) is 0 Å². The van der Waals surface area contributed by atoms with Crippen molar-refractivity contribution in [1.29, 1.82) is 0 Å². The molecule has 20 heavy (non-hydrogen) atoms. The third kappa shape index (κ3) is 6.26. The number of rotatable bonds is 5. The smallest absolute Gasteiger partial charge is 0.412 e. The van der Waals surface area contributed by atoms with Gasteiger partial charge in [0, 0.05) is 10.7 Å². The van der Waals surface area contributed by atoms with E-state index in [0.29, 0.717) is 11.6 Å². The first-order chi connectivity index (χ1) is 9.31. The second-order valence-corrected chi connectivity index (χ2v) is 6.11. The van der Waals surface area contributed by atoms with Gasteiger partial charge in [-0.3, -0.25) is 5.32 Å². The van der Waals surface area contributed by atoms with Gasteiger partial charge in [-0.2, -0.15) is 0 Å². The number of benzene rings is 1. The molecule has 0 saturated carbocycles. The molecule has 0 saturated heterocycles. The Morgan fingerprint density at radius 1 is 1.35 bits per heavy atom. The van der Waals surface area contributed by atoms with E-state index < -0.39 is 11.7 Å². The summed E-state index contributed by atoms with van der Waals surface area (Å²) in [6, 6.07) is 5.41. The van der Waals surface area contributed by atoms with E-state index in [4.69, 9.17) is 22.1 Å². The number of carbonyl (C=O) groups excluding carboxylic acids is 1. The zero-order valence-corrected chi connectivity index (χ0v) is 13.1. The number of aryl methyl sites for hydroxylation is 1. The van der Waals surface area contributed by atoms with Gasteiger partial charge in [0.15, 0.2) is 0 Å². The average molecular weight is 299 g/mol. The van der Waals surface area contributed by atoms with E-state index in [2.05, 4.69) is 5.32 Å². The number of ether oxygens (including phenoxy) is 1. The minimum atomic E-state index is -0.518. The lowest BCUT2D eigenvalue weighted by atomic mass is 10.1. The largest absolute Gasteiger partial charge is 0.444 e. The molecule has 0 aliphatic carbocycles. The summed E-state index contributed by atoms with van der Waals surface area (Å²) in [6.45, 7) is 6.15. The summed E-state index contributed by atoms with van der Waals surface area (Å²) in [4.78, 5) is 11.8. The minimum Gasteiger partial charge on any atom is -0.444 e. The fourth-order valence-corrected chi connectivity index (χ4v) is 1.96. The molecule has 1 aromatic rings. The normalized spacial score (nSPS) is 11.2. The molecular weight excluding hydrogens is 276 g/mol. The zero-order chi connectivity index (χ0) is 15.2. The SMILES string of the molecule is CC(C)(C)OC(=O)Nc1ccc(Cl)cc1CCCCN. The van der Waals surface area contributed by atoms with Crippen LogP contribution in [0.15, 0.2) is 18.2 Å². The molecule has 1 amide bonds. The number of unbranched alkanes of at least 4 members (excludes halogenated alkanes) is 1. The van der Waals surface area contributed by atoms with Crippen molar-refractivity contribution < 1.29 is 9.53 Å². The van der Waals surface area contributed by atoms with Crippen molar-refractivity contribution in [2.75, 3.05) is 11.9 Å². The predicted molar refractivity (Wildman–Crippen MR) is 83.3 cm³/mol. The summed E-state index contributed by atoms with van der Waals surface area (Å²) < 4.78 is 5.25. The topological polar surface area (TPSA) is 64.3 Å². The first kappa shape index (κ1) is 16.8. The van der Waals surface area contributed by atoms with E-state index in [9.17, 15) is 4.79 Å². The fraction of sp³-hybridized carbons (Fsp3) is 0.533. The second-order valence-electron chi connectivity index (χ2n) is 5.67. The Morgan fingerprint density at radius 2 is 2.05 bits per heavy atom. The van der Waals surface area contributed by atoms with Crippen LogP contribution >= 0.6 is 11.6 Å². The summed E-state index contributed by atoms with van der Waals surface area (Å²) in [5.41, 5.74) is 6.71. The number of nitrogens with two attached hydrogens (primary N) is 1. The molecule has 0 radical (unpaired) electrons. The molecular formula is C15H23ClN2O2. The molecule has 1 aromatic carbocycles. The highest BCUT2D eigenvalue weighted by Crippen LogP contribution is 2.23. The first-order valence-electron chi connectivity index (χ1n) is 6.80. The van der Waals surface area contributed by atoms with Gasteiger partial charge in [-0.25, -0.2) is 4.79 Å². The molecule has 1 rings (SSSR count). The number of carbonyl (C=O) groups is 1. The Hall–Kier alpha value is -1.26. The number of anilines is 1. The van der Waals surface area contributed by atoms with Gasteiger partial charge in [0.1, 0.15) is 5.60 Å². The van der Waals surface area contributed by atoms with Gasteiger partial charge >= 0.3 is 6.09 Å². The lowest BCUT2D eigenvalue weighted by Crippen LogP contribution is -2.27. The fourth-order valence-electron chi connectivity index (χ4n) is 1.76. The molecule has 112 valence electrons. The summed E-state index contributed by atoms with van der Waals surface area (Å²) in [5.74, 6) is 0. The average Bonchev–Trinajstić information content (AvgIpc) is 2.30. The van der Waals surface area contributed by atoms with E-state index in [1.807, 2.05) is 26.8 Å². The Balaban J connectivity index is 2.75. The van der Waals surface area contributed by atoms with E-state index in [-0.39, 0.29) is 0 Å². The number of nitrogens with one attached hydrogen (secondary N) is 1. The van der Waals surface area contributed by atoms with Gasteiger partial charge in [0.2, 0.25) is 0 Å². The zero-order valence-electron chi connectivity index (χ0n) is 12.3. The van der Waals surface area contributed by atoms with Gasteiger partial charge in [-0.15, -0.1) is 0 Å². The molecule has 0 bridgehead atoms. The Bertz CT molecular complexity index is 456. The van der Waals surface area contributed by atoms with Crippen LogP contribution in [-0.4, -0.2) is 18.2 Å². The van der Waals surface area contributed by atoms with Crippen LogP contribution in [0.1, 0.15) is 39.2 Å². The molecule has 0 fully saturated rings. The molecule has 0 aromatic heterocycles. The lowest BCUT2D eigenvalue weighted by molar-refractivity contribution is 0.0636. The maximum absolute atomic E-state index is 11.8. The van der Waals surface area contributed by atoms with Crippen molar-refractivity contribution in [3.63, 3.8) is 0 Å². The van der Waals surface area contributed by atoms with Crippen LogP contribution in [0, 0.1) is 0 Å². The molecule has 0 heterocycles. The number of hydrogen-bond donors (Lipinski definition) is 2. The molecule has 0 spiro atoms. The molecule has 5 heteroatoms. The van der Waals surface area contributed by atoms with Crippen molar-refractivity contribution >= 4 is 23.4 Å². The Kier molecular flexibility index (Phi) is 6.30. The summed E-state index contributed by atoms with van der Waals surface area (Å²) >= 11 is 6.00. The van der Waals surface area contributed by atoms with Gasteiger partial charge in [-0.05, 0) is 70.3 Å². The maximum Gasteiger partial charge on any atom is 0.412 e. The van der Waals surface area contributed by atoms with Crippen molar-refractivity contribution in [2.45, 2.75) is 45.6 Å². The van der Waals surface area contributed by atoms with Crippen LogP contribution < -0.4 is 11.1 Å². The first-order valence-corrected chi connectivity index (χ1v) is 7.18. The highest BCUT2D eigenvalue weighted by Gasteiger charge is 2.17. The second kappa shape index (κ2) is 7.50. The predicted octanol–water partition coefficient (Wildman–Crippen LogP) is 3.97. The molecule has 0 atom stereocenters. The van der Waals surface area contributed by atoms with Gasteiger partial charge in [0.25, 0.3) is 0 Å². The highest BCUT2D eigenvalue weighted by atomic mass is 35.5. The van der Waals surface area contributed by atoms with E-state index in [1.165, 1.54) is 0 Å². The van der Waals surface area contributed by atoms with E-state index >= 15 is 0 Å². The number of amides is 1. The molecule has 4 nitrogen and oxygen atoms in total. The van der Waals surface area contributed by atoms with Crippen molar-refractivity contribution in [2.24, 2.45) is 5.73 Å². The van der Waals surface area contributed by atoms with Crippen LogP contribution in [0.2, 0.25) is 5.02 Å². The summed E-state index contributed by atoms with van der Waals surface area (Å²) in [6.07, 6.45) is 2.26. The quantitative estimate of drug-likeness (QED) is 0.808. The number of hydrogen-bond acceptors (Lipinski definition) is 3. The number of halogens is 1. The minimum absolute atomic E-state index is 0.458. The van der Waals surface area contributed by atoms with E-state index in [1.54, 1.807) is 12.1 Å². The molecule has 0 aliphatic heterocycles. The third-order valence-corrected chi connectivity index (χ3v) is 2.84. The van der Waals surface area contributed by atoms with Crippen LogP contribution in [-0.2, 0) is 11.2 Å². The van der Waals surface area contributed by atoms with Gasteiger partial charge in [-0.1, -0.05) is 11.6 Å². The van der Waals surface area contributed by atoms with E-state index in [0.717, 1.165) is 30.5 Å². The van der Waals surface area contributed by atoms with Crippen LogP contribution in [0.3, 0.4) is 0 Å². The van der Waals surface area contributed by atoms with Crippen LogP contribution in [0.4, 0.5) is 10.5 Å². The summed E-state index contributed by atoms with van der Waals surface area (Å²) in [5, 5.41) is 3.43. The Morgan fingerprint density at radius 3 is 2.65 bits per heavy atom. The van der Waals surface area contributed by atoms with Crippen molar-refractivity contribution in [1.82, 2.24) is 0 Å². The maximum atomic E-state index is 11.8. The van der Waals surface area contributed by atoms with Crippen molar-refractivity contribution in [3.8, 4) is 0 Å². The highest BCUT2D eigenvalue weighted by molar-refractivity contribution is 6.30.